The first-order valence-electron chi connectivity index (χ1n) is 4.71. The molecule has 0 radical (unpaired) electrons. The molecule has 4 heteroatoms. The zero-order valence-electron chi connectivity index (χ0n) is 8.17. The number of unbranched alkanes of at least 4 members (excludes halogenated alkanes) is 1. The molecule has 0 bridgehead atoms. The Bertz CT molecular complexity index is 357. The quantitative estimate of drug-likeness (QED) is 0.700. The molecular weight excluding hydrogens is 180 g/mol. The van der Waals surface area contributed by atoms with E-state index in [9.17, 15) is 9.59 Å². The van der Waals surface area contributed by atoms with Crippen LogP contribution in [0, 0.1) is 0 Å². The van der Waals surface area contributed by atoms with E-state index in [4.69, 9.17) is 0 Å². The highest BCUT2D eigenvalue weighted by Gasteiger charge is 2.03. The summed E-state index contributed by atoms with van der Waals surface area (Å²) in [6, 6.07) is 4.53. The molecule has 1 aromatic rings. The summed E-state index contributed by atoms with van der Waals surface area (Å²) in [7, 11) is 0. The Hall–Kier alpha value is -1.58. The standard InChI is InChI=1S/C10H14N2O2/c1-2-3-7-11-10(14)8-5-4-6-9(13)12-8/h4-6H,2-3,7H2,1H3,(H,11,14)(H,12,13). The van der Waals surface area contributed by atoms with Gasteiger partial charge in [-0.25, -0.2) is 0 Å². The van der Waals surface area contributed by atoms with Crippen molar-refractivity contribution in [2.75, 3.05) is 6.54 Å². The highest BCUT2D eigenvalue weighted by Crippen LogP contribution is 1.90. The van der Waals surface area contributed by atoms with Gasteiger partial charge < -0.3 is 10.3 Å². The second kappa shape index (κ2) is 5.21. The van der Waals surface area contributed by atoms with Crippen molar-refractivity contribution in [3.05, 3.63) is 34.2 Å². The van der Waals surface area contributed by atoms with Gasteiger partial charge in [-0.05, 0) is 12.5 Å². The molecule has 1 rings (SSSR count). The van der Waals surface area contributed by atoms with Crippen LogP contribution in [-0.2, 0) is 0 Å². The molecule has 2 N–H and O–H groups in total. The normalized spacial score (nSPS) is 9.79. The minimum Gasteiger partial charge on any atom is -0.351 e. The summed E-state index contributed by atoms with van der Waals surface area (Å²) < 4.78 is 0. The number of nitrogens with one attached hydrogen (secondary N) is 2. The Morgan fingerprint density at radius 3 is 2.93 bits per heavy atom. The van der Waals surface area contributed by atoms with Crippen LogP contribution in [0.1, 0.15) is 30.3 Å². The first kappa shape index (κ1) is 10.5. The Morgan fingerprint density at radius 1 is 1.50 bits per heavy atom. The van der Waals surface area contributed by atoms with Crippen LogP contribution in [0.2, 0.25) is 0 Å². The van der Waals surface area contributed by atoms with Gasteiger partial charge in [-0.3, -0.25) is 9.59 Å². The second-order valence-corrected chi connectivity index (χ2v) is 3.04. The third kappa shape index (κ3) is 3.05. The zero-order valence-corrected chi connectivity index (χ0v) is 8.17. The van der Waals surface area contributed by atoms with Gasteiger partial charge in [0.25, 0.3) is 5.91 Å². The number of pyridine rings is 1. The molecule has 0 aliphatic rings. The topological polar surface area (TPSA) is 62.0 Å². The van der Waals surface area contributed by atoms with E-state index in [1.54, 1.807) is 12.1 Å². The van der Waals surface area contributed by atoms with Crippen molar-refractivity contribution in [3.63, 3.8) is 0 Å². The number of rotatable bonds is 4. The lowest BCUT2D eigenvalue weighted by atomic mass is 10.3. The predicted octanol–water partition coefficient (Wildman–Crippen LogP) is 0.905. The highest BCUT2D eigenvalue weighted by molar-refractivity contribution is 5.92. The molecule has 1 aromatic heterocycles. The number of carbonyl (C=O) groups is 1. The second-order valence-electron chi connectivity index (χ2n) is 3.04. The molecule has 4 nitrogen and oxygen atoms in total. The summed E-state index contributed by atoms with van der Waals surface area (Å²) in [5.41, 5.74) is 0.0572. The van der Waals surface area contributed by atoms with Crippen LogP contribution in [0.3, 0.4) is 0 Å². The van der Waals surface area contributed by atoms with Crippen LogP contribution in [0.25, 0.3) is 0 Å². The van der Waals surface area contributed by atoms with E-state index < -0.39 is 0 Å². The van der Waals surface area contributed by atoms with Gasteiger partial charge in [0.1, 0.15) is 5.69 Å². The van der Waals surface area contributed by atoms with Crippen molar-refractivity contribution >= 4 is 5.91 Å². The van der Waals surface area contributed by atoms with Crippen molar-refractivity contribution in [1.29, 1.82) is 0 Å². The lowest BCUT2D eigenvalue weighted by Crippen LogP contribution is -2.26. The molecule has 0 aliphatic heterocycles. The summed E-state index contributed by atoms with van der Waals surface area (Å²) >= 11 is 0. The fraction of sp³-hybridized carbons (Fsp3) is 0.400. The minimum absolute atomic E-state index is 0.226. The summed E-state index contributed by atoms with van der Waals surface area (Å²) in [6.07, 6.45) is 1.98. The van der Waals surface area contributed by atoms with Crippen LogP contribution in [0.4, 0.5) is 0 Å². The maximum atomic E-state index is 11.4. The number of carbonyl (C=O) groups excluding carboxylic acids is 1. The molecule has 14 heavy (non-hydrogen) atoms. The van der Waals surface area contributed by atoms with Gasteiger partial charge in [-0.1, -0.05) is 19.4 Å². The van der Waals surface area contributed by atoms with E-state index in [2.05, 4.69) is 17.2 Å². The third-order valence-electron chi connectivity index (χ3n) is 1.83. The Kier molecular flexibility index (Phi) is 3.91. The SMILES string of the molecule is CCCCNC(=O)c1cccc(=O)[nH]1. The summed E-state index contributed by atoms with van der Waals surface area (Å²) in [4.78, 5) is 24.7. The maximum Gasteiger partial charge on any atom is 0.267 e. The van der Waals surface area contributed by atoms with Gasteiger partial charge in [-0.15, -0.1) is 0 Å². The van der Waals surface area contributed by atoms with Crippen molar-refractivity contribution < 1.29 is 4.79 Å². The monoisotopic (exact) mass is 194 g/mol. The molecule has 0 unspecified atom stereocenters. The fourth-order valence-corrected chi connectivity index (χ4v) is 1.05. The van der Waals surface area contributed by atoms with Crippen molar-refractivity contribution in [3.8, 4) is 0 Å². The van der Waals surface area contributed by atoms with Gasteiger partial charge >= 0.3 is 0 Å². The lowest BCUT2D eigenvalue weighted by molar-refractivity contribution is 0.0948. The van der Waals surface area contributed by atoms with Crippen molar-refractivity contribution in [2.45, 2.75) is 19.8 Å². The molecular formula is C10H14N2O2. The Morgan fingerprint density at radius 2 is 2.29 bits per heavy atom. The molecule has 0 atom stereocenters. The molecule has 0 saturated heterocycles. The first-order valence-corrected chi connectivity index (χ1v) is 4.71. The van der Waals surface area contributed by atoms with E-state index in [-0.39, 0.29) is 11.5 Å². The number of hydrogen-bond donors (Lipinski definition) is 2. The predicted molar refractivity (Wildman–Crippen MR) is 54.3 cm³/mol. The van der Waals surface area contributed by atoms with Crippen LogP contribution < -0.4 is 10.9 Å². The third-order valence-corrected chi connectivity index (χ3v) is 1.83. The molecule has 0 aromatic carbocycles. The molecule has 0 fully saturated rings. The van der Waals surface area contributed by atoms with E-state index in [1.807, 2.05) is 0 Å². The van der Waals surface area contributed by atoms with Crippen molar-refractivity contribution in [2.24, 2.45) is 0 Å². The first-order chi connectivity index (χ1) is 6.74. The molecule has 0 spiro atoms. The van der Waals surface area contributed by atoms with Gasteiger partial charge in [-0.2, -0.15) is 0 Å². The van der Waals surface area contributed by atoms with Crippen LogP contribution in [-0.4, -0.2) is 17.4 Å². The maximum absolute atomic E-state index is 11.4. The molecule has 76 valence electrons. The van der Waals surface area contributed by atoms with Gasteiger partial charge in [0.2, 0.25) is 5.56 Å². The summed E-state index contributed by atoms with van der Waals surface area (Å²) in [5.74, 6) is -0.226. The summed E-state index contributed by atoms with van der Waals surface area (Å²) in [6.45, 7) is 2.70. The number of aromatic nitrogens is 1. The Balaban J connectivity index is 2.56. The highest BCUT2D eigenvalue weighted by atomic mass is 16.2. The van der Waals surface area contributed by atoms with Crippen LogP contribution >= 0.6 is 0 Å². The summed E-state index contributed by atoms with van der Waals surface area (Å²) in [5, 5.41) is 2.72. The van der Waals surface area contributed by atoms with E-state index in [0.29, 0.717) is 12.2 Å². The van der Waals surface area contributed by atoms with E-state index in [1.165, 1.54) is 6.07 Å². The lowest BCUT2D eigenvalue weighted by Gasteiger charge is -2.02. The number of aromatic amines is 1. The molecule has 1 heterocycles. The Labute approximate surface area is 82.3 Å². The average Bonchev–Trinajstić information content (AvgIpc) is 2.18. The number of amides is 1. The minimum atomic E-state index is -0.256. The zero-order chi connectivity index (χ0) is 10.4. The van der Waals surface area contributed by atoms with Gasteiger partial charge in [0, 0.05) is 12.6 Å². The van der Waals surface area contributed by atoms with Gasteiger partial charge in [0.15, 0.2) is 0 Å². The smallest absolute Gasteiger partial charge is 0.267 e. The average molecular weight is 194 g/mol. The number of hydrogen-bond acceptors (Lipinski definition) is 2. The van der Waals surface area contributed by atoms with E-state index in [0.717, 1.165) is 12.8 Å². The van der Waals surface area contributed by atoms with Crippen molar-refractivity contribution in [1.82, 2.24) is 10.3 Å². The molecule has 0 aliphatic carbocycles. The molecule has 1 amide bonds. The van der Waals surface area contributed by atoms with Crippen LogP contribution in [0.5, 0.6) is 0 Å². The van der Waals surface area contributed by atoms with Crippen LogP contribution in [0.15, 0.2) is 23.0 Å². The van der Waals surface area contributed by atoms with E-state index >= 15 is 0 Å². The molecule has 0 saturated carbocycles. The van der Waals surface area contributed by atoms with Gasteiger partial charge in [0.05, 0.1) is 0 Å². The number of H-pyrrole nitrogens is 1. The largest absolute Gasteiger partial charge is 0.351 e. The fourth-order valence-electron chi connectivity index (χ4n) is 1.05.